The highest BCUT2D eigenvalue weighted by Gasteiger charge is 2.29. The first-order chi connectivity index (χ1) is 9.08. The summed E-state index contributed by atoms with van der Waals surface area (Å²) in [7, 11) is 4.21. The van der Waals surface area contributed by atoms with Crippen LogP contribution in [0.25, 0.3) is 0 Å². The van der Waals surface area contributed by atoms with Gasteiger partial charge in [-0.1, -0.05) is 0 Å². The van der Waals surface area contributed by atoms with Crippen molar-refractivity contribution in [3.63, 3.8) is 0 Å². The summed E-state index contributed by atoms with van der Waals surface area (Å²) in [6.45, 7) is 2.12. The van der Waals surface area contributed by atoms with Gasteiger partial charge < -0.3 is 15.5 Å². The normalized spacial score (nSPS) is 19.1. The fourth-order valence-corrected chi connectivity index (χ4v) is 4.66. The highest BCUT2D eigenvalue weighted by molar-refractivity contribution is 7.99. The quantitative estimate of drug-likeness (QED) is 0.865. The summed E-state index contributed by atoms with van der Waals surface area (Å²) in [6, 6.07) is 2.75. The van der Waals surface area contributed by atoms with Crippen molar-refractivity contribution in [2.75, 3.05) is 44.1 Å². The summed E-state index contributed by atoms with van der Waals surface area (Å²) in [5.41, 5.74) is 6.73. The average Bonchev–Trinajstić information content (AvgIpc) is 2.92. The Morgan fingerprint density at radius 1 is 1.58 bits per heavy atom. The van der Waals surface area contributed by atoms with Gasteiger partial charge in [0, 0.05) is 19.1 Å². The zero-order chi connectivity index (χ0) is 14.0. The lowest BCUT2D eigenvalue weighted by Gasteiger charge is -2.28. The van der Waals surface area contributed by atoms with Gasteiger partial charge in [0.05, 0.1) is 10.6 Å². The van der Waals surface area contributed by atoms with Crippen LogP contribution >= 0.6 is 23.1 Å². The number of nitrogens with zero attached hydrogens (tertiary/aromatic N) is 3. The molecule has 0 bridgehead atoms. The lowest BCUT2D eigenvalue weighted by Crippen LogP contribution is -2.37. The van der Waals surface area contributed by atoms with Gasteiger partial charge in [-0.05, 0) is 33.2 Å². The van der Waals surface area contributed by atoms with Crippen LogP contribution in [0.5, 0.6) is 0 Å². The van der Waals surface area contributed by atoms with E-state index in [1.807, 2.05) is 6.26 Å². The molecule has 0 saturated carbocycles. The maximum Gasteiger partial charge on any atom is 0.131 e. The number of anilines is 2. The predicted octanol–water partition coefficient (Wildman–Crippen LogP) is 2.45. The lowest BCUT2D eigenvalue weighted by atomic mass is 10.2. The van der Waals surface area contributed by atoms with Crippen molar-refractivity contribution in [2.45, 2.75) is 23.8 Å². The van der Waals surface area contributed by atoms with Gasteiger partial charge in [0.25, 0.3) is 0 Å². The van der Waals surface area contributed by atoms with E-state index in [4.69, 9.17) is 11.0 Å². The molecule has 1 saturated heterocycles. The minimum absolute atomic E-state index is 0.533. The maximum absolute atomic E-state index is 9.15. The summed E-state index contributed by atoms with van der Waals surface area (Å²) in [5, 5.41) is 10.3. The van der Waals surface area contributed by atoms with E-state index >= 15 is 0 Å². The zero-order valence-corrected chi connectivity index (χ0v) is 13.3. The Morgan fingerprint density at radius 2 is 2.32 bits per heavy atom. The fraction of sp³-hybridized carbons (Fsp3) is 0.615. The van der Waals surface area contributed by atoms with Crippen molar-refractivity contribution in [2.24, 2.45) is 0 Å². The Hall–Kier alpha value is -0.900. The van der Waals surface area contributed by atoms with Crippen LogP contribution in [-0.2, 0) is 0 Å². The molecular weight excluding hydrogens is 276 g/mol. The largest absolute Gasteiger partial charge is 0.396 e. The molecule has 6 heteroatoms. The van der Waals surface area contributed by atoms with Gasteiger partial charge in [0.2, 0.25) is 0 Å². The molecule has 4 nitrogen and oxygen atoms in total. The molecule has 2 rings (SSSR count). The number of nitrogen functional groups attached to an aromatic ring is 1. The van der Waals surface area contributed by atoms with E-state index < -0.39 is 0 Å². The Balaban J connectivity index is 2.33. The molecule has 1 aliphatic heterocycles. The van der Waals surface area contributed by atoms with E-state index in [9.17, 15) is 0 Å². The molecule has 2 N–H and O–H groups in total. The Morgan fingerprint density at radius 3 is 2.89 bits per heavy atom. The molecule has 1 atom stereocenters. The minimum Gasteiger partial charge on any atom is -0.396 e. The molecule has 1 unspecified atom stereocenters. The number of nitriles is 1. The van der Waals surface area contributed by atoms with Gasteiger partial charge in [-0.25, -0.2) is 0 Å². The van der Waals surface area contributed by atoms with Gasteiger partial charge in [-0.2, -0.15) is 5.26 Å². The predicted molar refractivity (Wildman–Crippen MR) is 84.1 cm³/mol. The fourth-order valence-electron chi connectivity index (χ4n) is 2.60. The molecular formula is C13H20N4S2. The summed E-state index contributed by atoms with van der Waals surface area (Å²) in [6.07, 6.45) is 4.46. The number of nitrogens with two attached hydrogens (primary N) is 1. The molecule has 2 heterocycles. The van der Waals surface area contributed by atoms with Gasteiger partial charge in [0.1, 0.15) is 15.9 Å². The van der Waals surface area contributed by atoms with E-state index in [2.05, 4.69) is 30.0 Å². The van der Waals surface area contributed by atoms with Crippen LogP contribution in [0, 0.1) is 11.3 Å². The molecule has 19 heavy (non-hydrogen) atoms. The summed E-state index contributed by atoms with van der Waals surface area (Å²) in [5.74, 6) is 0. The van der Waals surface area contributed by atoms with E-state index in [0.717, 1.165) is 18.0 Å². The van der Waals surface area contributed by atoms with Crippen molar-refractivity contribution in [3.8, 4) is 6.07 Å². The first kappa shape index (κ1) is 14.5. The molecule has 0 aliphatic carbocycles. The van der Waals surface area contributed by atoms with E-state index in [1.165, 1.54) is 29.2 Å². The van der Waals surface area contributed by atoms with Gasteiger partial charge >= 0.3 is 0 Å². The average molecular weight is 296 g/mol. The molecule has 0 spiro atoms. The van der Waals surface area contributed by atoms with E-state index in [-0.39, 0.29) is 0 Å². The molecule has 0 amide bonds. The number of hydrogen-bond donors (Lipinski definition) is 1. The Kier molecular flexibility index (Phi) is 4.61. The van der Waals surface area contributed by atoms with Crippen molar-refractivity contribution < 1.29 is 0 Å². The van der Waals surface area contributed by atoms with Crippen LogP contribution in [-0.4, -0.2) is 44.4 Å². The number of likely N-dealkylation sites (N-methyl/N-ethyl adjacent to an activating group) is 1. The number of rotatable bonds is 4. The highest BCUT2D eigenvalue weighted by atomic mass is 32.2. The second-order valence-electron chi connectivity index (χ2n) is 5.05. The first-order valence-corrected chi connectivity index (χ1v) is 8.40. The molecule has 1 aromatic heterocycles. The third-order valence-corrected chi connectivity index (χ3v) is 5.50. The number of thiophene rings is 1. The Bertz CT molecular complexity index is 490. The third kappa shape index (κ3) is 2.83. The highest BCUT2D eigenvalue weighted by Crippen LogP contribution is 2.45. The second kappa shape index (κ2) is 6.04. The van der Waals surface area contributed by atoms with Crippen molar-refractivity contribution >= 4 is 33.8 Å². The van der Waals surface area contributed by atoms with E-state index in [0.29, 0.717) is 16.6 Å². The molecule has 0 aromatic carbocycles. The van der Waals surface area contributed by atoms with Gasteiger partial charge in [-0.3, -0.25) is 0 Å². The smallest absolute Gasteiger partial charge is 0.131 e. The molecule has 1 fully saturated rings. The van der Waals surface area contributed by atoms with Gasteiger partial charge in [0.15, 0.2) is 0 Å². The topological polar surface area (TPSA) is 56.3 Å². The second-order valence-corrected chi connectivity index (χ2v) is 6.86. The van der Waals surface area contributed by atoms with Crippen LogP contribution in [0.15, 0.2) is 4.90 Å². The standard InChI is InChI=1S/C13H20N4S2/c1-16(2)8-9-5-4-6-17(9)13-12(18-3)11(15)10(7-14)19-13/h9H,4-6,8,15H2,1-3H3. The van der Waals surface area contributed by atoms with Crippen LogP contribution in [0.1, 0.15) is 17.7 Å². The van der Waals surface area contributed by atoms with Gasteiger partial charge in [-0.15, -0.1) is 23.1 Å². The number of hydrogen-bond acceptors (Lipinski definition) is 6. The first-order valence-electron chi connectivity index (χ1n) is 6.36. The Labute approximate surface area is 123 Å². The van der Waals surface area contributed by atoms with E-state index in [1.54, 1.807) is 11.8 Å². The molecule has 0 radical (unpaired) electrons. The van der Waals surface area contributed by atoms with Crippen LogP contribution in [0.2, 0.25) is 0 Å². The maximum atomic E-state index is 9.15. The van der Waals surface area contributed by atoms with Crippen LogP contribution < -0.4 is 10.6 Å². The minimum atomic E-state index is 0.533. The summed E-state index contributed by atoms with van der Waals surface area (Å²) < 4.78 is 0. The zero-order valence-electron chi connectivity index (χ0n) is 11.6. The summed E-state index contributed by atoms with van der Waals surface area (Å²) in [4.78, 5) is 6.39. The SMILES string of the molecule is CSc1c(N2CCCC2CN(C)C)sc(C#N)c1N. The monoisotopic (exact) mass is 296 g/mol. The third-order valence-electron chi connectivity index (χ3n) is 3.40. The van der Waals surface area contributed by atoms with Crippen LogP contribution in [0.4, 0.5) is 10.7 Å². The van der Waals surface area contributed by atoms with Crippen molar-refractivity contribution in [1.29, 1.82) is 5.26 Å². The van der Waals surface area contributed by atoms with Crippen LogP contribution in [0.3, 0.4) is 0 Å². The number of thioether (sulfide) groups is 1. The van der Waals surface area contributed by atoms with Crippen molar-refractivity contribution in [3.05, 3.63) is 4.88 Å². The molecule has 1 aromatic rings. The van der Waals surface area contributed by atoms with Crippen molar-refractivity contribution in [1.82, 2.24) is 4.90 Å². The summed E-state index contributed by atoms with van der Waals surface area (Å²) >= 11 is 3.18. The molecule has 1 aliphatic rings. The molecule has 104 valence electrons. The lowest BCUT2D eigenvalue weighted by molar-refractivity contribution is 0.372.